The number of rotatable bonds is 17. The monoisotopic (exact) mass is 483 g/mol. The quantitative estimate of drug-likeness (QED) is 0.117. The van der Waals surface area contributed by atoms with Crippen LogP contribution in [0.15, 0.2) is 54.6 Å². The fourth-order valence-corrected chi connectivity index (χ4v) is 5.71. The zero-order valence-electron chi connectivity index (χ0n) is 22.4. The minimum atomic E-state index is 0.139. The molecular weight excluding hydrogens is 438 g/mol. The molecule has 0 fully saturated rings. The minimum absolute atomic E-state index is 0.139. The molecule has 0 atom stereocenters. The summed E-state index contributed by atoms with van der Waals surface area (Å²) in [5.74, 6) is 0.139. The SMILES string of the molecule is CCCCCCCCCCCCCCCCCC(=O)Nc1ccc2ccc3cccc4ccc1c2c34. The van der Waals surface area contributed by atoms with Crippen molar-refractivity contribution in [2.24, 2.45) is 0 Å². The van der Waals surface area contributed by atoms with Crippen LogP contribution in [0.2, 0.25) is 0 Å². The molecule has 0 aromatic heterocycles. The Kier molecular flexibility index (Phi) is 10.4. The summed E-state index contributed by atoms with van der Waals surface area (Å²) in [6.45, 7) is 2.28. The van der Waals surface area contributed by atoms with Crippen molar-refractivity contribution in [1.82, 2.24) is 0 Å². The maximum Gasteiger partial charge on any atom is 0.224 e. The normalized spacial score (nSPS) is 11.7. The molecule has 0 heterocycles. The van der Waals surface area contributed by atoms with Gasteiger partial charge in [-0.05, 0) is 39.4 Å². The van der Waals surface area contributed by atoms with Crippen LogP contribution < -0.4 is 5.32 Å². The second kappa shape index (κ2) is 14.2. The third-order valence-corrected chi connectivity index (χ3v) is 7.81. The van der Waals surface area contributed by atoms with Gasteiger partial charge < -0.3 is 5.32 Å². The second-order valence-electron chi connectivity index (χ2n) is 10.7. The van der Waals surface area contributed by atoms with E-state index in [-0.39, 0.29) is 5.91 Å². The van der Waals surface area contributed by atoms with Crippen LogP contribution in [-0.4, -0.2) is 5.91 Å². The first kappa shape index (κ1) is 26.5. The van der Waals surface area contributed by atoms with Gasteiger partial charge in [-0.15, -0.1) is 0 Å². The summed E-state index contributed by atoms with van der Waals surface area (Å²) in [4.78, 5) is 12.7. The van der Waals surface area contributed by atoms with E-state index in [1.165, 1.54) is 110 Å². The van der Waals surface area contributed by atoms with Crippen molar-refractivity contribution in [2.45, 2.75) is 110 Å². The van der Waals surface area contributed by atoms with E-state index in [1.807, 2.05) is 0 Å². The first-order valence-corrected chi connectivity index (χ1v) is 14.7. The smallest absolute Gasteiger partial charge is 0.224 e. The van der Waals surface area contributed by atoms with E-state index in [2.05, 4.69) is 66.8 Å². The highest BCUT2D eigenvalue weighted by Gasteiger charge is 2.12. The summed E-state index contributed by atoms with van der Waals surface area (Å²) in [7, 11) is 0. The van der Waals surface area contributed by atoms with Crippen LogP contribution in [-0.2, 0) is 4.79 Å². The Hall–Kier alpha value is -2.61. The van der Waals surface area contributed by atoms with Gasteiger partial charge in [-0.3, -0.25) is 4.79 Å². The molecule has 2 nitrogen and oxygen atoms in total. The van der Waals surface area contributed by atoms with Crippen LogP contribution in [0.5, 0.6) is 0 Å². The van der Waals surface area contributed by atoms with E-state index in [0.29, 0.717) is 6.42 Å². The summed E-state index contributed by atoms with van der Waals surface area (Å²) in [6.07, 6.45) is 20.8. The number of unbranched alkanes of at least 4 members (excludes halogenated alkanes) is 14. The molecule has 0 aliphatic rings. The maximum atomic E-state index is 12.7. The van der Waals surface area contributed by atoms with Gasteiger partial charge in [0, 0.05) is 17.5 Å². The molecule has 4 aromatic carbocycles. The van der Waals surface area contributed by atoms with Crippen molar-refractivity contribution >= 4 is 43.9 Å². The lowest BCUT2D eigenvalue weighted by atomic mass is 9.93. The van der Waals surface area contributed by atoms with E-state index in [4.69, 9.17) is 0 Å². The lowest BCUT2D eigenvalue weighted by molar-refractivity contribution is -0.116. The van der Waals surface area contributed by atoms with Crippen molar-refractivity contribution < 1.29 is 4.79 Å². The van der Waals surface area contributed by atoms with Crippen molar-refractivity contribution in [2.75, 3.05) is 5.32 Å². The van der Waals surface area contributed by atoms with E-state index in [9.17, 15) is 4.79 Å². The van der Waals surface area contributed by atoms with Crippen molar-refractivity contribution in [3.05, 3.63) is 54.6 Å². The predicted octanol–water partition coefficient (Wildman–Crippen LogP) is 10.8. The summed E-state index contributed by atoms with van der Waals surface area (Å²) in [5.41, 5.74) is 0.937. The fraction of sp³-hybridized carbons (Fsp3) is 0.500. The third-order valence-electron chi connectivity index (χ3n) is 7.81. The average molecular weight is 484 g/mol. The molecule has 0 bridgehead atoms. The molecular formula is C34H45NO. The van der Waals surface area contributed by atoms with Gasteiger partial charge in [-0.1, -0.05) is 145 Å². The molecule has 2 heteroatoms. The van der Waals surface area contributed by atoms with Gasteiger partial charge in [0.05, 0.1) is 0 Å². The second-order valence-corrected chi connectivity index (χ2v) is 10.7. The van der Waals surface area contributed by atoms with Crippen LogP contribution in [0.25, 0.3) is 32.3 Å². The van der Waals surface area contributed by atoms with Gasteiger partial charge in [-0.25, -0.2) is 0 Å². The van der Waals surface area contributed by atoms with E-state index in [1.54, 1.807) is 0 Å². The number of nitrogens with one attached hydrogen (secondary N) is 1. The number of carbonyl (C=O) groups is 1. The Labute approximate surface area is 218 Å². The van der Waals surface area contributed by atoms with E-state index in [0.717, 1.165) is 23.9 Å². The molecule has 0 aliphatic carbocycles. The Balaban J connectivity index is 1.11. The minimum Gasteiger partial charge on any atom is -0.326 e. The van der Waals surface area contributed by atoms with Crippen molar-refractivity contribution in [1.29, 1.82) is 0 Å². The van der Waals surface area contributed by atoms with Crippen LogP contribution in [0, 0.1) is 0 Å². The summed E-state index contributed by atoms with van der Waals surface area (Å²) in [5, 5.41) is 10.6. The molecule has 4 rings (SSSR count). The topological polar surface area (TPSA) is 29.1 Å². The van der Waals surface area contributed by atoms with Gasteiger partial charge in [-0.2, -0.15) is 0 Å². The van der Waals surface area contributed by atoms with Gasteiger partial charge in [0.1, 0.15) is 0 Å². The van der Waals surface area contributed by atoms with Crippen molar-refractivity contribution in [3.8, 4) is 0 Å². The molecule has 1 amide bonds. The molecule has 192 valence electrons. The molecule has 0 spiro atoms. The molecule has 0 unspecified atom stereocenters. The standard InChI is InChI=1S/C34H45NO/c1-2-3-4-5-6-7-8-9-10-11-12-13-14-15-16-20-32(36)35-31-26-24-29-22-21-27-18-17-19-28-23-25-30(31)34(29)33(27)28/h17-19,21-26H,2-16,20H2,1H3,(H,35,36). The molecule has 4 aromatic rings. The Morgan fingerprint density at radius 1 is 0.556 bits per heavy atom. The van der Waals surface area contributed by atoms with Crippen molar-refractivity contribution in [3.63, 3.8) is 0 Å². The first-order chi connectivity index (χ1) is 17.8. The largest absolute Gasteiger partial charge is 0.326 e. The zero-order valence-corrected chi connectivity index (χ0v) is 22.4. The predicted molar refractivity (Wildman–Crippen MR) is 158 cm³/mol. The van der Waals surface area contributed by atoms with Crippen LogP contribution in [0.4, 0.5) is 5.69 Å². The van der Waals surface area contributed by atoms with Gasteiger partial charge in [0.25, 0.3) is 0 Å². The highest BCUT2D eigenvalue weighted by atomic mass is 16.1. The summed E-state index contributed by atoms with van der Waals surface area (Å²) in [6, 6.07) is 19.4. The van der Waals surface area contributed by atoms with Gasteiger partial charge in [0.15, 0.2) is 0 Å². The lowest BCUT2D eigenvalue weighted by Gasteiger charge is -2.14. The Morgan fingerprint density at radius 2 is 1.03 bits per heavy atom. The fourth-order valence-electron chi connectivity index (χ4n) is 5.71. The van der Waals surface area contributed by atoms with Gasteiger partial charge in [0.2, 0.25) is 5.91 Å². The third kappa shape index (κ3) is 7.21. The number of anilines is 1. The average Bonchev–Trinajstić information content (AvgIpc) is 2.90. The molecule has 0 radical (unpaired) electrons. The Morgan fingerprint density at radius 3 is 1.61 bits per heavy atom. The summed E-state index contributed by atoms with van der Waals surface area (Å²) >= 11 is 0. The summed E-state index contributed by atoms with van der Waals surface area (Å²) < 4.78 is 0. The highest BCUT2D eigenvalue weighted by molar-refractivity contribution is 6.25. The molecule has 36 heavy (non-hydrogen) atoms. The number of hydrogen-bond acceptors (Lipinski definition) is 1. The van der Waals surface area contributed by atoms with Crippen LogP contribution in [0.3, 0.4) is 0 Å². The van der Waals surface area contributed by atoms with E-state index < -0.39 is 0 Å². The van der Waals surface area contributed by atoms with Gasteiger partial charge >= 0.3 is 0 Å². The number of carbonyl (C=O) groups excluding carboxylic acids is 1. The lowest BCUT2D eigenvalue weighted by Crippen LogP contribution is -2.11. The molecule has 1 N–H and O–H groups in total. The first-order valence-electron chi connectivity index (χ1n) is 14.7. The molecule has 0 saturated carbocycles. The Bertz CT molecular complexity index is 1190. The zero-order chi connectivity index (χ0) is 25.0. The molecule has 0 saturated heterocycles. The molecule has 0 aliphatic heterocycles. The number of hydrogen-bond donors (Lipinski definition) is 1. The highest BCUT2D eigenvalue weighted by Crippen LogP contribution is 2.37. The van der Waals surface area contributed by atoms with E-state index >= 15 is 0 Å². The number of benzene rings is 4. The van der Waals surface area contributed by atoms with Crippen LogP contribution >= 0.6 is 0 Å². The van der Waals surface area contributed by atoms with Crippen LogP contribution in [0.1, 0.15) is 110 Å². The maximum absolute atomic E-state index is 12.7. The number of amides is 1.